The van der Waals surface area contributed by atoms with Gasteiger partial charge >= 0.3 is 51.4 Å². The number of rotatable bonds is 12. The van der Waals surface area contributed by atoms with E-state index in [1.165, 1.54) is 63.9 Å². The van der Waals surface area contributed by atoms with Crippen LogP contribution in [0.3, 0.4) is 0 Å². The molecular weight excluding hydrogens is 347 g/mol. The molecule has 1 aromatic rings. The molecule has 0 aliphatic carbocycles. The van der Waals surface area contributed by atoms with Gasteiger partial charge in [0.05, 0.1) is 4.90 Å². The summed E-state index contributed by atoms with van der Waals surface area (Å²) in [7, 11) is -4.34. The number of unbranched alkanes of at least 4 members (excludes halogenated alkanes) is 9. The Labute approximate surface area is 191 Å². The van der Waals surface area contributed by atoms with Gasteiger partial charge in [0.25, 0.3) is 0 Å². The van der Waals surface area contributed by atoms with Crippen LogP contribution in [0, 0.1) is 6.92 Å². The summed E-state index contributed by atoms with van der Waals surface area (Å²) in [5.41, 5.74) is 2.05. The quantitative estimate of drug-likeness (QED) is 0.319. The minimum atomic E-state index is -4.34. The molecule has 132 valence electrons. The molecule has 0 radical (unpaired) electrons. The SMILES string of the molecule is CCCCCCCCCCCCc1cc(S(=O)(=O)[O-])ccc1C.[K+]. The zero-order valence-corrected chi connectivity index (χ0v) is 19.6. The standard InChI is InChI=1S/C19H32O3S.K/c1-3-4-5-6-7-8-9-10-11-12-13-18-16-19(23(20,21)22)15-14-17(18)2;/h14-16H,3-13H2,1-2H3,(H,20,21,22);/q;+1/p-1. The normalized spacial score (nSPS) is 11.3. The van der Waals surface area contributed by atoms with Gasteiger partial charge in [-0.25, -0.2) is 8.42 Å². The van der Waals surface area contributed by atoms with Gasteiger partial charge in [-0.1, -0.05) is 70.8 Å². The molecule has 0 heterocycles. The Kier molecular flexibility index (Phi) is 14.3. The van der Waals surface area contributed by atoms with E-state index in [0.29, 0.717) is 0 Å². The van der Waals surface area contributed by atoms with Crippen LogP contribution >= 0.6 is 0 Å². The molecule has 0 spiro atoms. The van der Waals surface area contributed by atoms with E-state index in [2.05, 4.69) is 6.92 Å². The minimum absolute atomic E-state index is 0. The van der Waals surface area contributed by atoms with Crippen LogP contribution in [0.4, 0.5) is 0 Å². The molecule has 0 bridgehead atoms. The average Bonchev–Trinajstić information content (AvgIpc) is 2.49. The molecule has 0 aromatic heterocycles. The number of benzene rings is 1. The van der Waals surface area contributed by atoms with E-state index in [1.807, 2.05) is 6.92 Å². The smallest absolute Gasteiger partial charge is 0.744 e. The molecule has 0 unspecified atom stereocenters. The molecule has 0 atom stereocenters. The Morgan fingerprint density at radius 2 is 1.38 bits per heavy atom. The van der Waals surface area contributed by atoms with E-state index in [1.54, 1.807) is 12.1 Å². The summed E-state index contributed by atoms with van der Waals surface area (Å²) < 4.78 is 33.2. The molecule has 0 N–H and O–H groups in total. The van der Waals surface area contributed by atoms with Gasteiger partial charge in [-0.2, -0.15) is 0 Å². The summed E-state index contributed by atoms with van der Waals surface area (Å²) in [6, 6.07) is 4.68. The summed E-state index contributed by atoms with van der Waals surface area (Å²) in [5, 5.41) is 0. The first kappa shape index (κ1) is 24.8. The third-order valence-corrected chi connectivity index (χ3v) is 5.24. The third-order valence-electron chi connectivity index (χ3n) is 4.41. The van der Waals surface area contributed by atoms with Crippen molar-refractivity contribution < 1.29 is 64.4 Å². The second kappa shape index (κ2) is 13.9. The van der Waals surface area contributed by atoms with Gasteiger partial charge in [0, 0.05) is 0 Å². The maximum absolute atomic E-state index is 11.1. The maximum atomic E-state index is 11.1. The predicted molar refractivity (Wildman–Crippen MR) is 94.7 cm³/mol. The van der Waals surface area contributed by atoms with Crippen molar-refractivity contribution in [2.75, 3.05) is 0 Å². The van der Waals surface area contributed by atoms with Crippen LogP contribution in [0.2, 0.25) is 0 Å². The van der Waals surface area contributed by atoms with E-state index in [-0.39, 0.29) is 56.3 Å². The second-order valence-electron chi connectivity index (χ2n) is 6.47. The first-order valence-electron chi connectivity index (χ1n) is 9.00. The van der Waals surface area contributed by atoms with Gasteiger partial charge in [0.1, 0.15) is 10.1 Å². The molecule has 0 saturated heterocycles. The van der Waals surface area contributed by atoms with Crippen molar-refractivity contribution in [1.82, 2.24) is 0 Å². The molecule has 3 nitrogen and oxygen atoms in total. The van der Waals surface area contributed by atoms with Crippen LogP contribution in [-0.2, 0) is 16.5 Å². The van der Waals surface area contributed by atoms with E-state index >= 15 is 0 Å². The van der Waals surface area contributed by atoms with Gasteiger partial charge in [-0.15, -0.1) is 0 Å². The molecule has 5 heteroatoms. The number of hydrogen-bond acceptors (Lipinski definition) is 3. The Balaban J connectivity index is 0.00000529. The fourth-order valence-corrected chi connectivity index (χ4v) is 3.40. The topological polar surface area (TPSA) is 57.2 Å². The summed E-state index contributed by atoms with van der Waals surface area (Å²) in [6.07, 6.45) is 13.7. The Hall–Kier alpha value is 0.766. The number of hydrogen-bond donors (Lipinski definition) is 0. The minimum Gasteiger partial charge on any atom is -0.744 e. The summed E-state index contributed by atoms with van der Waals surface area (Å²) in [6.45, 7) is 4.21. The van der Waals surface area contributed by atoms with Crippen molar-refractivity contribution in [1.29, 1.82) is 0 Å². The van der Waals surface area contributed by atoms with Crippen LogP contribution < -0.4 is 51.4 Å². The maximum Gasteiger partial charge on any atom is 1.00 e. The van der Waals surface area contributed by atoms with Crippen LogP contribution in [-0.4, -0.2) is 13.0 Å². The molecule has 0 aliphatic rings. The molecule has 24 heavy (non-hydrogen) atoms. The fraction of sp³-hybridized carbons (Fsp3) is 0.684. The Morgan fingerprint density at radius 1 is 0.875 bits per heavy atom. The summed E-state index contributed by atoms with van der Waals surface area (Å²) >= 11 is 0. The summed E-state index contributed by atoms with van der Waals surface area (Å²) in [5.74, 6) is 0. The average molecular weight is 379 g/mol. The van der Waals surface area contributed by atoms with E-state index in [0.717, 1.165) is 24.0 Å². The van der Waals surface area contributed by atoms with Crippen molar-refractivity contribution >= 4 is 10.1 Å². The van der Waals surface area contributed by atoms with Crippen molar-refractivity contribution in [2.45, 2.75) is 89.4 Å². The van der Waals surface area contributed by atoms with Gasteiger partial charge in [-0.05, 0) is 43.0 Å². The van der Waals surface area contributed by atoms with E-state index in [4.69, 9.17) is 0 Å². The van der Waals surface area contributed by atoms with Crippen molar-refractivity contribution in [3.63, 3.8) is 0 Å². The van der Waals surface area contributed by atoms with Gasteiger partial charge in [0.15, 0.2) is 0 Å². The molecule has 0 fully saturated rings. The molecule has 0 aliphatic heterocycles. The predicted octanol–water partition coefficient (Wildman–Crippen LogP) is 2.37. The van der Waals surface area contributed by atoms with Gasteiger partial charge < -0.3 is 4.55 Å². The molecule has 0 saturated carbocycles. The zero-order valence-electron chi connectivity index (χ0n) is 15.6. The van der Waals surface area contributed by atoms with E-state index < -0.39 is 10.1 Å². The first-order valence-corrected chi connectivity index (χ1v) is 10.4. The van der Waals surface area contributed by atoms with E-state index in [9.17, 15) is 13.0 Å². The Morgan fingerprint density at radius 3 is 1.88 bits per heavy atom. The zero-order chi connectivity index (χ0) is 17.1. The third kappa shape index (κ3) is 10.7. The van der Waals surface area contributed by atoms with Crippen molar-refractivity contribution in [2.24, 2.45) is 0 Å². The van der Waals surface area contributed by atoms with Crippen LogP contribution in [0.15, 0.2) is 23.1 Å². The molecular formula is C19H31KO3S. The van der Waals surface area contributed by atoms with Crippen LogP contribution in [0.5, 0.6) is 0 Å². The number of aryl methyl sites for hydroxylation is 2. The monoisotopic (exact) mass is 378 g/mol. The first-order chi connectivity index (χ1) is 10.9. The largest absolute Gasteiger partial charge is 1.00 e. The van der Waals surface area contributed by atoms with Crippen molar-refractivity contribution in [3.05, 3.63) is 29.3 Å². The van der Waals surface area contributed by atoms with Crippen LogP contribution in [0.1, 0.15) is 82.3 Å². The second-order valence-corrected chi connectivity index (χ2v) is 7.85. The molecule has 1 aromatic carbocycles. The molecule has 1 rings (SSSR count). The summed E-state index contributed by atoms with van der Waals surface area (Å²) in [4.78, 5) is -0.106. The van der Waals surface area contributed by atoms with Gasteiger partial charge in [0.2, 0.25) is 0 Å². The van der Waals surface area contributed by atoms with Crippen LogP contribution in [0.25, 0.3) is 0 Å². The Bertz CT molecular complexity index is 556. The van der Waals surface area contributed by atoms with Crippen molar-refractivity contribution in [3.8, 4) is 0 Å². The van der Waals surface area contributed by atoms with Gasteiger partial charge in [-0.3, -0.25) is 0 Å². The molecule has 0 amide bonds. The fourth-order valence-electron chi connectivity index (χ4n) is 2.88.